The molecule has 0 radical (unpaired) electrons. The minimum atomic E-state index is -0.159. The van der Waals surface area contributed by atoms with E-state index in [0.29, 0.717) is 23.2 Å². The van der Waals surface area contributed by atoms with E-state index in [1.54, 1.807) is 25.6 Å². The second-order valence-corrected chi connectivity index (χ2v) is 8.50. The molecule has 3 aromatic rings. The van der Waals surface area contributed by atoms with Crippen LogP contribution < -0.4 is 20.3 Å². The van der Waals surface area contributed by atoms with Gasteiger partial charge in [-0.05, 0) is 49.8 Å². The largest absolute Gasteiger partial charge is 0.493 e. The zero-order chi connectivity index (χ0) is 19.8. The molecule has 148 valence electrons. The van der Waals surface area contributed by atoms with Gasteiger partial charge in [-0.25, -0.2) is 4.98 Å². The van der Waals surface area contributed by atoms with Crippen molar-refractivity contribution < 1.29 is 9.47 Å². The molecule has 1 aliphatic rings. The van der Waals surface area contributed by atoms with Crippen LogP contribution in [0.2, 0.25) is 0 Å². The van der Waals surface area contributed by atoms with Crippen molar-refractivity contribution in [2.75, 3.05) is 19.5 Å². The van der Waals surface area contributed by atoms with Gasteiger partial charge in [0.25, 0.3) is 5.56 Å². The number of thiophene rings is 1. The number of aromatic nitrogens is 2. The summed E-state index contributed by atoms with van der Waals surface area (Å²) in [6.45, 7) is 4.25. The fourth-order valence-electron chi connectivity index (χ4n) is 3.81. The van der Waals surface area contributed by atoms with E-state index in [2.05, 4.69) is 17.2 Å². The van der Waals surface area contributed by atoms with Crippen LogP contribution >= 0.6 is 11.3 Å². The molecule has 1 aliphatic carbocycles. The van der Waals surface area contributed by atoms with Crippen molar-refractivity contribution in [3.63, 3.8) is 0 Å². The molecule has 7 heteroatoms. The molecule has 0 bridgehead atoms. The van der Waals surface area contributed by atoms with Gasteiger partial charge >= 0.3 is 0 Å². The second kappa shape index (κ2) is 7.47. The third-order valence-corrected chi connectivity index (χ3v) is 6.51. The van der Waals surface area contributed by atoms with Gasteiger partial charge in [0.15, 0.2) is 11.5 Å². The molecule has 2 heterocycles. The number of anilines is 1. The highest BCUT2D eigenvalue weighted by atomic mass is 32.1. The van der Waals surface area contributed by atoms with E-state index >= 15 is 0 Å². The molecule has 0 spiro atoms. The molecular weight excluding hydrogens is 374 g/mol. The van der Waals surface area contributed by atoms with Gasteiger partial charge in [-0.15, -0.1) is 11.3 Å². The monoisotopic (exact) mass is 399 g/mol. The number of fused-ring (bicyclic) bond motifs is 3. The average molecular weight is 400 g/mol. The molecule has 0 unspecified atom stereocenters. The first-order valence-corrected chi connectivity index (χ1v) is 10.3. The fraction of sp³-hybridized carbons (Fsp3) is 0.429. The number of benzene rings is 1. The van der Waals surface area contributed by atoms with Crippen LogP contribution in [-0.2, 0) is 12.8 Å². The summed E-state index contributed by atoms with van der Waals surface area (Å²) in [6, 6.07) is 5.48. The second-order valence-electron chi connectivity index (χ2n) is 7.42. The first kappa shape index (κ1) is 18.8. The molecule has 4 rings (SSSR count). The highest BCUT2D eigenvalue weighted by Crippen LogP contribution is 2.36. The molecule has 28 heavy (non-hydrogen) atoms. The van der Waals surface area contributed by atoms with Gasteiger partial charge in [0.2, 0.25) is 0 Å². The maximum Gasteiger partial charge on any atom is 0.259 e. The van der Waals surface area contributed by atoms with Crippen LogP contribution in [0, 0.1) is 5.92 Å². The molecule has 0 amide bonds. The Morgan fingerprint density at radius 3 is 2.82 bits per heavy atom. The first-order chi connectivity index (χ1) is 13.5. The van der Waals surface area contributed by atoms with E-state index in [1.807, 2.05) is 25.1 Å². The Morgan fingerprint density at radius 1 is 1.29 bits per heavy atom. The van der Waals surface area contributed by atoms with Crippen molar-refractivity contribution in [3.05, 3.63) is 44.8 Å². The lowest BCUT2D eigenvalue weighted by atomic mass is 9.89. The van der Waals surface area contributed by atoms with E-state index in [4.69, 9.17) is 14.5 Å². The van der Waals surface area contributed by atoms with Crippen LogP contribution in [0.3, 0.4) is 0 Å². The summed E-state index contributed by atoms with van der Waals surface area (Å²) in [7, 11) is 3.22. The number of nitrogens with one attached hydrogen (secondary N) is 2. The number of nitrogens with zero attached hydrogens (tertiary/aromatic N) is 1. The molecule has 0 saturated heterocycles. The fourth-order valence-corrected chi connectivity index (χ4v) is 5.21. The van der Waals surface area contributed by atoms with Gasteiger partial charge < -0.3 is 19.8 Å². The predicted molar refractivity (Wildman–Crippen MR) is 113 cm³/mol. The summed E-state index contributed by atoms with van der Waals surface area (Å²) in [4.78, 5) is 22.7. The van der Waals surface area contributed by atoms with E-state index < -0.39 is 0 Å². The van der Waals surface area contributed by atoms with Crippen LogP contribution in [0.5, 0.6) is 11.5 Å². The van der Waals surface area contributed by atoms with Gasteiger partial charge in [-0.2, -0.15) is 0 Å². The summed E-state index contributed by atoms with van der Waals surface area (Å²) in [5.41, 5.74) is 2.04. The Morgan fingerprint density at radius 2 is 2.07 bits per heavy atom. The van der Waals surface area contributed by atoms with E-state index in [0.717, 1.165) is 35.2 Å². The van der Waals surface area contributed by atoms with E-state index in [9.17, 15) is 4.79 Å². The topological polar surface area (TPSA) is 76.2 Å². The van der Waals surface area contributed by atoms with E-state index in [1.165, 1.54) is 10.4 Å². The van der Waals surface area contributed by atoms with Gasteiger partial charge in [0, 0.05) is 16.6 Å². The highest BCUT2D eigenvalue weighted by molar-refractivity contribution is 7.18. The number of hydrogen-bond acceptors (Lipinski definition) is 6. The molecular formula is C21H25N3O3S. The first-order valence-electron chi connectivity index (χ1n) is 9.53. The lowest BCUT2D eigenvalue weighted by Gasteiger charge is -2.17. The number of H-pyrrole nitrogens is 1. The molecule has 6 nitrogen and oxygen atoms in total. The third kappa shape index (κ3) is 3.35. The van der Waals surface area contributed by atoms with Crippen molar-refractivity contribution in [3.8, 4) is 11.5 Å². The van der Waals surface area contributed by atoms with Gasteiger partial charge in [-0.1, -0.05) is 6.92 Å². The molecule has 1 aromatic carbocycles. The van der Waals surface area contributed by atoms with Crippen LogP contribution in [0.25, 0.3) is 10.2 Å². The molecule has 0 aliphatic heterocycles. The van der Waals surface area contributed by atoms with Crippen molar-refractivity contribution in [1.29, 1.82) is 0 Å². The van der Waals surface area contributed by atoms with Crippen LogP contribution in [0.15, 0.2) is 23.0 Å². The summed E-state index contributed by atoms with van der Waals surface area (Å²) in [5.74, 6) is 2.63. The minimum absolute atomic E-state index is 0.0342. The number of hydrogen-bond donors (Lipinski definition) is 2. The molecule has 0 fully saturated rings. The molecule has 2 atom stereocenters. The van der Waals surface area contributed by atoms with Crippen LogP contribution in [-0.4, -0.2) is 24.2 Å². The zero-order valence-electron chi connectivity index (χ0n) is 16.6. The number of methoxy groups -OCH3 is 2. The summed E-state index contributed by atoms with van der Waals surface area (Å²) in [5, 5.41) is 4.17. The van der Waals surface area contributed by atoms with Crippen LogP contribution in [0.1, 0.15) is 42.6 Å². The van der Waals surface area contributed by atoms with Gasteiger partial charge in [0.1, 0.15) is 10.7 Å². The summed E-state index contributed by atoms with van der Waals surface area (Å²) in [6.07, 6.45) is 3.15. The summed E-state index contributed by atoms with van der Waals surface area (Å²) >= 11 is 1.67. The molecule has 2 N–H and O–H groups in total. The standard InChI is InChI=1S/C21H25N3O3S/c1-11-5-7-14-17(9-11)28-21-18(14)20(25)23-19(24-21)12(2)22-13-6-8-15(26-3)16(10-13)27-4/h6,8,10-12,22H,5,7,9H2,1-4H3,(H,23,24,25)/t11-,12-/m1/s1. The van der Waals surface area contributed by atoms with Crippen molar-refractivity contribution in [2.45, 2.75) is 39.2 Å². The maximum absolute atomic E-state index is 12.8. The summed E-state index contributed by atoms with van der Waals surface area (Å²) < 4.78 is 10.6. The molecule has 2 aromatic heterocycles. The van der Waals surface area contributed by atoms with Crippen molar-refractivity contribution in [1.82, 2.24) is 9.97 Å². The Hall–Kier alpha value is -2.54. The van der Waals surface area contributed by atoms with Crippen molar-refractivity contribution >= 4 is 27.2 Å². The zero-order valence-corrected chi connectivity index (χ0v) is 17.4. The smallest absolute Gasteiger partial charge is 0.259 e. The Kier molecular flexibility index (Phi) is 5.02. The lowest BCUT2D eigenvalue weighted by molar-refractivity contribution is 0.355. The van der Waals surface area contributed by atoms with E-state index in [-0.39, 0.29) is 11.6 Å². The Labute approximate surface area is 167 Å². The highest BCUT2D eigenvalue weighted by Gasteiger charge is 2.23. The molecule has 0 saturated carbocycles. The Balaban J connectivity index is 1.65. The van der Waals surface area contributed by atoms with Gasteiger partial charge in [-0.3, -0.25) is 4.79 Å². The number of ether oxygens (including phenoxy) is 2. The normalized spacial score (nSPS) is 17.2. The minimum Gasteiger partial charge on any atom is -0.493 e. The SMILES string of the molecule is COc1ccc(N[C@H](C)c2nc3sc4c(c3c(=O)[nH]2)CC[C@@H](C)C4)cc1OC. The van der Waals surface area contributed by atoms with Gasteiger partial charge in [0.05, 0.1) is 25.6 Å². The maximum atomic E-state index is 12.8. The Bertz CT molecular complexity index is 1070. The van der Waals surface area contributed by atoms with Crippen molar-refractivity contribution in [2.24, 2.45) is 5.92 Å². The third-order valence-electron chi connectivity index (χ3n) is 5.36. The quantitative estimate of drug-likeness (QED) is 0.669. The number of rotatable bonds is 5. The predicted octanol–water partition coefficient (Wildman–Crippen LogP) is 4.30. The number of aryl methyl sites for hydroxylation is 1. The van der Waals surface area contributed by atoms with Crippen LogP contribution in [0.4, 0.5) is 5.69 Å². The average Bonchev–Trinajstić information content (AvgIpc) is 3.05. The lowest BCUT2D eigenvalue weighted by Crippen LogP contribution is -2.18. The number of aromatic amines is 1.